The maximum absolute atomic E-state index is 12.8. The van der Waals surface area contributed by atoms with Crippen molar-refractivity contribution in [2.45, 2.75) is 30.2 Å². The highest BCUT2D eigenvalue weighted by molar-refractivity contribution is 7.89. The molecule has 2 aromatic heterocycles. The monoisotopic (exact) mass is 367 g/mol. The lowest BCUT2D eigenvalue weighted by atomic mass is 9.99. The number of sulfonamides is 1. The van der Waals surface area contributed by atoms with Crippen LogP contribution in [0.5, 0.6) is 0 Å². The number of piperidine rings is 1. The third kappa shape index (κ3) is 3.60. The molecule has 3 rings (SSSR count). The van der Waals surface area contributed by atoms with Gasteiger partial charge in [0.15, 0.2) is 0 Å². The Balaban J connectivity index is 1.81. The van der Waals surface area contributed by atoms with E-state index in [-0.39, 0.29) is 10.8 Å². The van der Waals surface area contributed by atoms with Gasteiger partial charge < -0.3 is 9.47 Å². The summed E-state index contributed by atoms with van der Waals surface area (Å²) in [5.41, 5.74) is 0. The molecule has 0 N–H and O–H groups in total. The van der Waals surface area contributed by atoms with E-state index in [2.05, 4.69) is 15.3 Å². The molecule has 1 fully saturated rings. The predicted octanol–water partition coefficient (Wildman–Crippen LogP) is 0.179. The zero-order valence-corrected chi connectivity index (χ0v) is 15.9. The lowest BCUT2D eigenvalue weighted by Gasteiger charge is -2.31. The van der Waals surface area contributed by atoms with Gasteiger partial charge in [-0.2, -0.15) is 9.40 Å². The first-order valence-electron chi connectivity index (χ1n) is 8.30. The fourth-order valence-electron chi connectivity index (χ4n) is 3.20. The van der Waals surface area contributed by atoms with Gasteiger partial charge in [0.05, 0.1) is 12.7 Å². The van der Waals surface area contributed by atoms with E-state index in [9.17, 15) is 8.42 Å². The SMILES string of the molecule is CN(C)Cc1nnc([C@@H]2CCCN(S(=O)(=O)c3cnn(C)c3)C2)n1C. The fraction of sp³-hybridized carbons (Fsp3) is 0.667. The third-order valence-electron chi connectivity index (χ3n) is 4.52. The van der Waals surface area contributed by atoms with Crippen molar-refractivity contribution in [3.05, 3.63) is 24.0 Å². The Bertz CT molecular complexity index is 840. The van der Waals surface area contributed by atoms with Crippen molar-refractivity contribution in [1.82, 2.24) is 33.8 Å². The Morgan fingerprint density at radius 2 is 2.04 bits per heavy atom. The van der Waals surface area contributed by atoms with Crippen LogP contribution in [0.3, 0.4) is 0 Å². The summed E-state index contributed by atoms with van der Waals surface area (Å²) in [5.74, 6) is 1.78. The van der Waals surface area contributed by atoms with Crippen molar-refractivity contribution >= 4 is 10.0 Å². The third-order valence-corrected chi connectivity index (χ3v) is 6.34. The Morgan fingerprint density at radius 3 is 2.68 bits per heavy atom. The van der Waals surface area contributed by atoms with E-state index >= 15 is 0 Å². The molecule has 3 heterocycles. The van der Waals surface area contributed by atoms with Gasteiger partial charge in [-0.05, 0) is 26.9 Å². The molecular weight excluding hydrogens is 342 g/mol. The van der Waals surface area contributed by atoms with E-state index in [0.717, 1.165) is 24.5 Å². The summed E-state index contributed by atoms with van der Waals surface area (Å²) in [6, 6.07) is 0. The van der Waals surface area contributed by atoms with Crippen molar-refractivity contribution in [1.29, 1.82) is 0 Å². The van der Waals surface area contributed by atoms with E-state index in [1.807, 2.05) is 30.6 Å². The van der Waals surface area contributed by atoms with Gasteiger partial charge in [0.25, 0.3) is 0 Å². The average Bonchev–Trinajstić information content (AvgIpc) is 3.14. The van der Waals surface area contributed by atoms with Gasteiger partial charge in [-0.15, -0.1) is 10.2 Å². The molecule has 0 radical (unpaired) electrons. The first-order valence-corrected chi connectivity index (χ1v) is 9.74. The Labute approximate surface area is 148 Å². The van der Waals surface area contributed by atoms with Crippen LogP contribution < -0.4 is 0 Å². The molecule has 1 aliphatic heterocycles. The van der Waals surface area contributed by atoms with Crippen LogP contribution in [0.1, 0.15) is 30.4 Å². The van der Waals surface area contributed by atoms with Crippen molar-refractivity contribution in [3.8, 4) is 0 Å². The minimum absolute atomic E-state index is 0.0496. The molecule has 9 nitrogen and oxygen atoms in total. The van der Waals surface area contributed by atoms with Crippen LogP contribution in [0.15, 0.2) is 17.3 Å². The number of hydrogen-bond acceptors (Lipinski definition) is 6. The second-order valence-electron chi connectivity index (χ2n) is 6.82. The lowest BCUT2D eigenvalue weighted by molar-refractivity contribution is 0.305. The highest BCUT2D eigenvalue weighted by atomic mass is 32.2. The zero-order chi connectivity index (χ0) is 18.2. The highest BCUT2D eigenvalue weighted by Crippen LogP contribution is 2.29. The van der Waals surface area contributed by atoms with Gasteiger partial charge in [-0.3, -0.25) is 4.68 Å². The topological polar surface area (TPSA) is 89.2 Å². The number of aryl methyl sites for hydroxylation is 1. The van der Waals surface area contributed by atoms with Gasteiger partial charge in [-0.25, -0.2) is 8.42 Å². The second kappa shape index (κ2) is 6.85. The van der Waals surface area contributed by atoms with Gasteiger partial charge in [0.1, 0.15) is 16.5 Å². The fourth-order valence-corrected chi connectivity index (χ4v) is 4.71. The molecule has 0 amide bonds. The maximum Gasteiger partial charge on any atom is 0.246 e. The van der Waals surface area contributed by atoms with Gasteiger partial charge in [-0.1, -0.05) is 0 Å². The minimum Gasteiger partial charge on any atom is -0.317 e. The first kappa shape index (κ1) is 18.0. The quantitative estimate of drug-likeness (QED) is 0.749. The highest BCUT2D eigenvalue weighted by Gasteiger charge is 2.33. The molecule has 138 valence electrons. The molecule has 1 aliphatic rings. The summed E-state index contributed by atoms with van der Waals surface area (Å²) in [5, 5.41) is 12.6. The molecule has 2 aromatic rings. The van der Waals surface area contributed by atoms with Crippen LogP contribution >= 0.6 is 0 Å². The van der Waals surface area contributed by atoms with E-state index < -0.39 is 10.0 Å². The van der Waals surface area contributed by atoms with Crippen LogP contribution in [-0.4, -0.2) is 69.4 Å². The maximum atomic E-state index is 12.8. The van der Waals surface area contributed by atoms with E-state index in [4.69, 9.17) is 0 Å². The summed E-state index contributed by atoms with van der Waals surface area (Å²) in [4.78, 5) is 2.27. The molecular formula is C15H25N7O2S. The summed E-state index contributed by atoms with van der Waals surface area (Å²) >= 11 is 0. The van der Waals surface area contributed by atoms with Crippen LogP contribution in [-0.2, 0) is 30.7 Å². The van der Waals surface area contributed by atoms with Gasteiger partial charge >= 0.3 is 0 Å². The Kier molecular flexibility index (Phi) is 4.94. The lowest BCUT2D eigenvalue weighted by Crippen LogP contribution is -2.39. The van der Waals surface area contributed by atoms with Crippen LogP contribution in [0.4, 0.5) is 0 Å². The molecule has 0 spiro atoms. The van der Waals surface area contributed by atoms with Crippen molar-refractivity contribution < 1.29 is 8.42 Å². The smallest absolute Gasteiger partial charge is 0.246 e. The molecule has 10 heteroatoms. The second-order valence-corrected chi connectivity index (χ2v) is 8.76. The molecule has 0 unspecified atom stereocenters. The van der Waals surface area contributed by atoms with Crippen LogP contribution in [0, 0.1) is 0 Å². The molecule has 0 aromatic carbocycles. The molecule has 0 aliphatic carbocycles. The summed E-state index contributed by atoms with van der Waals surface area (Å²) in [6.45, 7) is 1.65. The zero-order valence-electron chi connectivity index (χ0n) is 15.1. The molecule has 1 saturated heterocycles. The summed E-state index contributed by atoms with van der Waals surface area (Å²) < 4.78 is 30.7. The number of hydrogen-bond donors (Lipinski definition) is 0. The number of rotatable bonds is 5. The Hall–Kier alpha value is -1.78. The van der Waals surface area contributed by atoms with Gasteiger partial charge in [0.2, 0.25) is 10.0 Å². The van der Waals surface area contributed by atoms with Crippen LogP contribution in [0.25, 0.3) is 0 Å². The largest absolute Gasteiger partial charge is 0.317 e. The van der Waals surface area contributed by atoms with Crippen molar-refractivity contribution in [2.24, 2.45) is 14.1 Å². The molecule has 25 heavy (non-hydrogen) atoms. The number of nitrogens with zero attached hydrogens (tertiary/aromatic N) is 7. The van der Waals surface area contributed by atoms with Crippen molar-refractivity contribution in [2.75, 3.05) is 27.2 Å². The standard InChI is InChI=1S/C15H25N7O2S/c1-19(2)11-14-17-18-15(21(14)4)12-6-5-7-22(9-12)25(23,24)13-8-16-20(3)10-13/h8,10,12H,5-7,9,11H2,1-4H3/t12-/m1/s1. The Morgan fingerprint density at radius 1 is 1.28 bits per heavy atom. The first-order chi connectivity index (χ1) is 11.8. The van der Waals surface area contributed by atoms with E-state index in [1.54, 1.807) is 11.4 Å². The van der Waals surface area contributed by atoms with Gasteiger partial charge in [0, 0.05) is 39.3 Å². The molecule has 0 saturated carbocycles. The normalized spacial score (nSPS) is 19.6. The van der Waals surface area contributed by atoms with E-state index in [1.165, 1.54) is 17.1 Å². The summed E-state index contributed by atoms with van der Waals surface area (Å²) in [6.07, 6.45) is 4.65. The summed E-state index contributed by atoms with van der Waals surface area (Å²) in [7, 11) is 4.10. The van der Waals surface area contributed by atoms with E-state index in [0.29, 0.717) is 19.6 Å². The number of aromatic nitrogens is 5. The van der Waals surface area contributed by atoms with Crippen molar-refractivity contribution in [3.63, 3.8) is 0 Å². The molecule has 1 atom stereocenters. The van der Waals surface area contributed by atoms with Crippen LogP contribution in [0.2, 0.25) is 0 Å². The average molecular weight is 367 g/mol. The molecule has 0 bridgehead atoms. The minimum atomic E-state index is -3.52. The predicted molar refractivity (Wildman–Crippen MR) is 92.3 cm³/mol.